The molecule has 2 N–H and O–H groups in total. The summed E-state index contributed by atoms with van der Waals surface area (Å²) >= 11 is 5.18. The van der Waals surface area contributed by atoms with Gasteiger partial charge in [0.25, 0.3) is 0 Å². The fourth-order valence-corrected chi connectivity index (χ4v) is 3.13. The predicted molar refractivity (Wildman–Crippen MR) is 121 cm³/mol. The van der Waals surface area contributed by atoms with E-state index in [2.05, 4.69) is 48.5 Å². The van der Waals surface area contributed by atoms with Crippen LogP contribution in [0, 0.1) is 0 Å². The molecule has 1 amide bonds. The molecule has 1 aromatic heterocycles. The van der Waals surface area contributed by atoms with Crippen LogP contribution in [0.4, 0.5) is 0 Å². The Morgan fingerprint density at radius 1 is 1.17 bits per heavy atom. The lowest BCUT2D eigenvalue weighted by atomic mass is 10.0. The fraction of sp³-hybridized carbons (Fsp3) is 0.348. The number of hydrogen-bond acceptors (Lipinski definition) is 4. The minimum atomic E-state index is -0.0451. The van der Waals surface area contributed by atoms with Gasteiger partial charge in [0.1, 0.15) is 5.52 Å². The summed E-state index contributed by atoms with van der Waals surface area (Å²) in [4.78, 5) is 16.3. The molecule has 0 aliphatic heterocycles. The second kappa shape index (κ2) is 9.65. The molecule has 0 atom stereocenters. The highest BCUT2D eigenvalue weighted by atomic mass is 32.1. The summed E-state index contributed by atoms with van der Waals surface area (Å²) in [5, 5.41) is 6.13. The smallest absolute Gasteiger partial charge is 0.227 e. The zero-order valence-electron chi connectivity index (χ0n) is 17.1. The standard InChI is InChI=1S/C23H27N3O2S/c1-4-5-6-21(27)26-23(29)24-14-16-7-9-17(10-8-16)22-25-19-13-18(15(2)3)11-12-20(19)28-22/h7-13,15H,4-6,14H2,1-3H3,(H2,24,26,27,29). The number of hydrogen-bond donors (Lipinski definition) is 2. The Balaban J connectivity index is 1.60. The van der Waals surface area contributed by atoms with E-state index in [0.717, 1.165) is 35.1 Å². The van der Waals surface area contributed by atoms with Crippen molar-refractivity contribution < 1.29 is 9.21 Å². The first-order chi connectivity index (χ1) is 14.0. The molecular weight excluding hydrogens is 382 g/mol. The number of unbranched alkanes of at least 4 members (excludes halogenated alkanes) is 1. The van der Waals surface area contributed by atoms with Crippen LogP contribution in [0.25, 0.3) is 22.6 Å². The molecule has 0 aliphatic rings. The van der Waals surface area contributed by atoms with Gasteiger partial charge in [-0.3, -0.25) is 4.79 Å². The highest BCUT2D eigenvalue weighted by molar-refractivity contribution is 7.80. The number of rotatable bonds is 7. The molecule has 0 saturated heterocycles. The van der Waals surface area contributed by atoms with Gasteiger partial charge in [-0.15, -0.1) is 0 Å². The fourth-order valence-electron chi connectivity index (χ4n) is 2.95. The summed E-state index contributed by atoms with van der Waals surface area (Å²) in [6.07, 6.45) is 2.35. The van der Waals surface area contributed by atoms with E-state index in [4.69, 9.17) is 16.6 Å². The molecule has 0 fully saturated rings. The van der Waals surface area contributed by atoms with Gasteiger partial charge in [-0.25, -0.2) is 4.98 Å². The number of aromatic nitrogens is 1. The first-order valence-electron chi connectivity index (χ1n) is 10.0. The van der Waals surface area contributed by atoms with Crippen LogP contribution in [0.3, 0.4) is 0 Å². The lowest BCUT2D eigenvalue weighted by molar-refractivity contribution is -0.119. The lowest BCUT2D eigenvalue weighted by Gasteiger charge is -2.09. The first kappa shape index (κ1) is 21.0. The van der Waals surface area contributed by atoms with E-state index in [9.17, 15) is 4.79 Å². The predicted octanol–water partition coefficient (Wildman–Crippen LogP) is 5.30. The van der Waals surface area contributed by atoms with E-state index >= 15 is 0 Å². The topological polar surface area (TPSA) is 67.2 Å². The highest BCUT2D eigenvalue weighted by Gasteiger charge is 2.10. The average molecular weight is 410 g/mol. The van der Waals surface area contributed by atoms with Crippen LogP contribution in [0.2, 0.25) is 0 Å². The molecular formula is C23H27N3O2S. The van der Waals surface area contributed by atoms with Crippen molar-refractivity contribution in [2.24, 2.45) is 0 Å². The van der Waals surface area contributed by atoms with E-state index in [-0.39, 0.29) is 5.91 Å². The number of benzene rings is 2. The maximum absolute atomic E-state index is 11.7. The van der Waals surface area contributed by atoms with Crippen molar-refractivity contribution in [1.29, 1.82) is 0 Å². The Hall–Kier alpha value is -2.73. The second-order valence-electron chi connectivity index (χ2n) is 7.43. The Morgan fingerprint density at radius 3 is 2.62 bits per heavy atom. The molecule has 5 nitrogen and oxygen atoms in total. The number of thiocarbonyl (C=S) groups is 1. The van der Waals surface area contributed by atoms with Gasteiger partial charge in [-0.1, -0.05) is 45.4 Å². The van der Waals surface area contributed by atoms with E-state index in [1.165, 1.54) is 5.56 Å². The maximum Gasteiger partial charge on any atom is 0.227 e. The Morgan fingerprint density at radius 2 is 1.93 bits per heavy atom. The molecule has 0 spiro atoms. The molecule has 152 valence electrons. The summed E-state index contributed by atoms with van der Waals surface area (Å²) in [5.74, 6) is 1.02. The van der Waals surface area contributed by atoms with Gasteiger partial charge >= 0.3 is 0 Å². The Bertz CT molecular complexity index is 993. The number of carbonyl (C=O) groups excluding carboxylic acids is 1. The van der Waals surface area contributed by atoms with Gasteiger partial charge in [0.2, 0.25) is 11.8 Å². The van der Waals surface area contributed by atoms with Crippen molar-refractivity contribution in [3.63, 3.8) is 0 Å². The van der Waals surface area contributed by atoms with E-state index in [1.807, 2.05) is 30.3 Å². The number of nitrogens with zero attached hydrogens (tertiary/aromatic N) is 1. The van der Waals surface area contributed by atoms with Gasteiger partial charge in [0.05, 0.1) is 0 Å². The van der Waals surface area contributed by atoms with Gasteiger partial charge in [0.15, 0.2) is 10.7 Å². The van der Waals surface area contributed by atoms with Gasteiger partial charge in [-0.05, 0) is 59.9 Å². The summed E-state index contributed by atoms with van der Waals surface area (Å²) < 4.78 is 5.91. The summed E-state index contributed by atoms with van der Waals surface area (Å²) in [6, 6.07) is 14.1. The zero-order chi connectivity index (χ0) is 20.8. The van der Waals surface area contributed by atoms with E-state index in [0.29, 0.717) is 29.9 Å². The van der Waals surface area contributed by atoms with Crippen molar-refractivity contribution in [2.75, 3.05) is 0 Å². The molecule has 0 bridgehead atoms. The first-order valence-corrected chi connectivity index (χ1v) is 10.4. The van der Waals surface area contributed by atoms with Crippen molar-refractivity contribution in [3.8, 4) is 11.5 Å². The number of amides is 1. The third-order valence-electron chi connectivity index (χ3n) is 4.74. The monoisotopic (exact) mass is 409 g/mol. The Labute approximate surface area is 176 Å². The molecule has 1 heterocycles. The number of nitrogens with one attached hydrogen (secondary N) is 2. The minimum absolute atomic E-state index is 0.0451. The third-order valence-corrected chi connectivity index (χ3v) is 4.99. The number of fused-ring (bicyclic) bond motifs is 1. The largest absolute Gasteiger partial charge is 0.436 e. The SMILES string of the molecule is CCCCC(=O)NC(=S)NCc1ccc(-c2nc3cc(C(C)C)ccc3o2)cc1. The molecule has 0 unspecified atom stereocenters. The van der Waals surface area contributed by atoms with Crippen LogP contribution in [-0.4, -0.2) is 16.0 Å². The van der Waals surface area contributed by atoms with E-state index in [1.54, 1.807) is 0 Å². The lowest BCUT2D eigenvalue weighted by Crippen LogP contribution is -2.38. The second-order valence-corrected chi connectivity index (χ2v) is 7.84. The number of carbonyl (C=O) groups is 1. The molecule has 0 aliphatic carbocycles. The Kier molecular flexibility index (Phi) is 6.99. The van der Waals surface area contributed by atoms with Gasteiger partial charge in [-0.2, -0.15) is 0 Å². The van der Waals surface area contributed by atoms with Crippen LogP contribution in [0.15, 0.2) is 46.9 Å². The highest BCUT2D eigenvalue weighted by Crippen LogP contribution is 2.27. The van der Waals surface area contributed by atoms with E-state index < -0.39 is 0 Å². The van der Waals surface area contributed by atoms with Crippen LogP contribution in [0.1, 0.15) is 57.1 Å². The molecule has 3 rings (SSSR count). The molecule has 0 radical (unpaired) electrons. The van der Waals surface area contributed by atoms with Crippen molar-refractivity contribution in [1.82, 2.24) is 15.6 Å². The summed E-state index contributed by atoms with van der Waals surface area (Å²) in [6.45, 7) is 6.92. The average Bonchev–Trinajstić information content (AvgIpc) is 3.14. The minimum Gasteiger partial charge on any atom is -0.436 e. The summed E-state index contributed by atoms with van der Waals surface area (Å²) in [7, 11) is 0. The molecule has 2 aromatic carbocycles. The third kappa shape index (κ3) is 5.64. The zero-order valence-corrected chi connectivity index (χ0v) is 17.9. The maximum atomic E-state index is 11.7. The van der Waals surface area contributed by atoms with Gasteiger partial charge < -0.3 is 15.1 Å². The molecule has 6 heteroatoms. The summed E-state index contributed by atoms with van der Waals surface area (Å²) in [5.41, 5.74) is 4.89. The van der Waals surface area contributed by atoms with Crippen molar-refractivity contribution >= 4 is 34.3 Å². The molecule has 0 saturated carbocycles. The normalized spacial score (nSPS) is 11.0. The molecule has 29 heavy (non-hydrogen) atoms. The van der Waals surface area contributed by atoms with Crippen molar-refractivity contribution in [3.05, 3.63) is 53.6 Å². The van der Waals surface area contributed by atoms with Crippen LogP contribution in [0.5, 0.6) is 0 Å². The van der Waals surface area contributed by atoms with Crippen molar-refractivity contribution in [2.45, 2.75) is 52.5 Å². The van der Waals surface area contributed by atoms with Crippen LogP contribution in [-0.2, 0) is 11.3 Å². The quantitative estimate of drug-likeness (QED) is 0.518. The number of oxazole rings is 1. The van der Waals surface area contributed by atoms with Gasteiger partial charge in [0, 0.05) is 18.5 Å². The molecule has 3 aromatic rings. The van der Waals surface area contributed by atoms with Crippen LogP contribution >= 0.6 is 12.2 Å². The van der Waals surface area contributed by atoms with Crippen LogP contribution < -0.4 is 10.6 Å².